The Morgan fingerprint density at radius 3 is 3.00 bits per heavy atom. The van der Waals surface area contributed by atoms with Crippen molar-refractivity contribution >= 4 is 6.08 Å². The summed E-state index contributed by atoms with van der Waals surface area (Å²) in [6, 6.07) is 7.39. The lowest BCUT2D eigenvalue weighted by Gasteiger charge is -2.12. The molecule has 1 nitrogen and oxygen atoms in total. The summed E-state index contributed by atoms with van der Waals surface area (Å²) in [7, 11) is 0. The van der Waals surface area contributed by atoms with Crippen molar-refractivity contribution in [2.75, 3.05) is 6.61 Å². The summed E-state index contributed by atoms with van der Waals surface area (Å²) in [5.41, 5.74) is 0.816. The Kier molecular flexibility index (Phi) is 1.39. The van der Waals surface area contributed by atoms with E-state index < -0.39 is 0 Å². The molecule has 1 aromatic rings. The highest BCUT2D eigenvalue weighted by atomic mass is 19.1. The Hall–Kier alpha value is -1.31. The van der Waals surface area contributed by atoms with Crippen molar-refractivity contribution in [3.8, 4) is 5.75 Å². The topological polar surface area (TPSA) is 9.23 Å². The van der Waals surface area contributed by atoms with Gasteiger partial charge in [-0.1, -0.05) is 18.2 Å². The van der Waals surface area contributed by atoms with Gasteiger partial charge in [0, 0.05) is 5.56 Å². The van der Waals surface area contributed by atoms with Crippen LogP contribution in [0.3, 0.4) is 0 Å². The lowest BCUT2D eigenvalue weighted by atomic mass is 10.1. The minimum absolute atomic E-state index is 0.0665. The van der Waals surface area contributed by atoms with Crippen molar-refractivity contribution in [2.24, 2.45) is 0 Å². The fourth-order valence-electron chi connectivity index (χ4n) is 1.09. The third-order valence-electron chi connectivity index (χ3n) is 1.60. The van der Waals surface area contributed by atoms with Gasteiger partial charge in [-0.05, 0) is 12.1 Å². The van der Waals surface area contributed by atoms with Crippen molar-refractivity contribution in [2.45, 2.75) is 0 Å². The summed E-state index contributed by atoms with van der Waals surface area (Å²) in [4.78, 5) is 0. The lowest BCUT2D eigenvalue weighted by molar-refractivity contribution is 0.314. The number of hydrogen-bond acceptors (Lipinski definition) is 1. The molecule has 0 unspecified atom stereocenters. The van der Waals surface area contributed by atoms with Crippen LogP contribution in [0.5, 0.6) is 5.75 Å². The zero-order valence-electron chi connectivity index (χ0n) is 5.88. The van der Waals surface area contributed by atoms with Crippen LogP contribution in [-0.2, 0) is 0 Å². The first-order chi connectivity index (χ1) is 5.36. The van der Waals surface area contributed by atoms with Crippen LogP contribution in [-0.4, -0.2) is 6.61 Å². The van der Waals surface area contributed by atoms with E-state index in [-0.39, 0.29) is 12.4 Å². The fourth-order valence-corrected chi connectivity index (χ4v) is 1.09. The Morgan fingerprint density at radius 2 is 2.09 bits per heavy atom. The summed E-state index contributed by atoms with van der Waals surface area (Å²) in [5.74, 6) is 0.539. The molecule has 1 aliphatic heterocycles. The molecule has 0 radical (unpaired) electrons. The predicted molar refractivity (Wildman–Crippen MR) is 41.0 cm³/mol. The predicted octanol–water partition coefficient (Wildman–Crippen LogP) is 2.39. The van der Waals surface area contributed by atoms with E-state index >= 15 is 0 Å². The Bertz CT molecular complexity index is 304. The molecule has 2 rings (SSSR count). The maximum Gasteiger partial charge on any atom is 0.140 e. The molecule has 0 spiro atoms. The minimum atomic E-state index is -0.219. The van der Waals surface area contributed by atoms with Gasteiger partial charge >= 0.3 is 0 Å². The monoisotopic (exact) mass is 150 g/mol. The molecule has 0 fully saturated rings. The first-order valence-corrected chi connectivity index (χ1v) is 3.44. The Labute approximate surface area is 64.1 Å². The van der Waals surface area contributed by atoms with Crippen LogP contribution in [0, 0.1) is 0 Å². The first-order valence-electron chi connectivity index (χ1n) is 3.44. The van der Waals surface area contributed by atoms with Crippen LogP contribution in [0.15, 0.2) is 30.1 Å². The van der Waals surface area contributed by atoms with E-state index in [2.05, 4.69) is 0 Å². The first kappa shape index (κ1) is 6.40. The van der Waals surface area contributed by atoms with Crippen molar-refractivity contribution in [3.63, 3.8) is 0 Å². The molecule has 0 aromatic heterocycles. The van der Waals surface area contributed by atoms with Crippen molar-refractivity contribution in [3.05, 3.63) is 35.7 Å². The molecule has 1 aromatic carbocycles. The lowest BCUT2D eigenvalue weighted by Crippen LogP contribution is -2.03. The smallest absolute Gasteiger partial charge is 0.140 e. The van der Waals surface area contributed by atoms with Crippen molar-refractivity contribution in [1.82, 2.24) is 0 Å². The van der Waals surface area contributed by atoms with Gasteiger partial charge in [-0.25, -0.2) is 4.39 Å². The summed E-state index contributed by atoms with van der Waals surface area (Å²) >= 11 is 0. The molecule has 1 aliphatic rings. The van der Waals surface area contributed by atoms with Crippen molar-refractivity contribution < 1.29 is 9.13 Å². The van der Waals surface area contributed by atoms with Crippen LogP contribution in [0.2, 0.25) is 0 Å². The van der Waals surface area contributed by atoms with E-state index in [1.54, 1.807) is 0 Å². The van der Waals surface area contributed by atoms with Crippen LogP contribution >= 0.6 is 0 Å². The maximum absolute atomic E-state index is 12.6. The Morgan fingerprint density at radius 1 is 1.27 bits per heavy atom. The average molecular weight is 150 g/mol. The zero-order valence-corrected chi connectivity index (χ0v) is 5.88. The van der Waals surface area contributed by atoms with Gasteiger partial charge in [0.2, 0.25) is 0 Å². The number of ether oxygens (including phenoxy) is 1. The van der Waals surface area contributed by atoms with E-state index in [1.807, 2.05) is 24.3 Å². The fraction of sp³-hybridized carbons (Fsp3) is 0.111. The van der Waals surface area contributed by atoms with Gasteiger partial charge in [0.15, 0.2) is 0 Å². The second-order valence-electron chi connectivity index (χ2n) is 2.42. The SMILES string of the molecule is FC1=Cc2ccccc2OC1. The molecule has 0 atom stereocenters. The standard InChI is InChI=1S/C9H7FO/c10-8-5-7-3-1-2-4-9(7)11-6-8/h1-5H,6H2. The normalized spacial score (nSPS) is 14.8. The minimum Gasteiger partial charge on any atom is -0.486 e. The van der Waals surface area contributed by atoms with Crippen LogP contribution < -0.4 is 4.74 Å². The van der Waals surface area contributed by atoms with E-state index in [0.717, 1.165) is 11.3 Å². The molecular weight excluding hydrogens is 143 g/mol. The highest BCUT2D eigenvalue weighted by molar-refractivity contribution is 5.60. The number of hydrogen-bond donors (Lipinski definition) is 0. The number of fused-ring (bicyclic) bond motifs is 1. The molecule has 0 saturated heterocycles. The molecule has 0 saturated carbocycles. The summed E-state index contributed by atoms with van der Waals surface area (Å²) < 4.78 is 17.7. The maximum atomic E-state index is 12.6. The van der Waals surface area contributed by atoms with E-state index in [0.29, 0.717) is 0 Å². The van der Waals surface area contributed by atoms with E-state index in [9.17, 15) is 4.39 Å². The van der Waals surface area contributed by atoms with Crippen LogP contribution in [0.25, 0.3) is 6.08 Å². The van der Waals surface area contributed by atoms with Gasteiger partial charge < -0.3 is 4.74 Å². The summed E-state index contributed by atoms with van der Waals surface area (Å²) in [6.45, 7) is 0.0665. The van der Waals surface area contributed by atoms with E-state index in [1.165, 1.54) is 6.08 Å². The quantitative estimate of drug-likeness (QED) is 0.551. The van der Waals surface area contributed by atoms with Crippen molar-refractivity contribution in [1.29, 1.82) is 0 Å². The molecule has 2 heteroatoms. The molecule has 1 heterocycles. The number of rotatable bonds is 0. The highest BCUT2D eigenvalue weighted by Gasteiger charge is 2.08. The highest BCUT2D eigenvalue weighted by Crippen LogP contribution is 2.25. The Balaban J connectivity index is 2.51. The molecular formula is C9H7FO. The molecule has 0 aliphatic carbocycles. The third-order valence-corrected chi connectivity index (χ3v) is 1.60. The van der Waals surface area contributed by atoms with E-state index in [4.69, 9.17) is 4.74 Å². The van der Waals surface area contributed by atoms with Gasteiger partial charge in [-0.2, -0.15) is 0 Å². The second-order valence-corrected chi connectivity index (χ2v) is 2.42. The summed E-state index contributed by atoms with van der Waals surface area (Å²) in [5, 5.41) is 0. The molecule has 0 amide bonds. The summed E-state index contributed by atoms with van der Waals surface area (Å²) in [6.07, 6.45) is 1.50. The number of para-hydroxylation sites is 1. The molecule has 56 valence electrons. The molecule has 0 bridgehead atoms. The number of benzene rings is 1. The van der Waals surface area contributed by atoms with Gasteiger partial charge in [0.25, 0.3) is 0 Å². The molecule has 0 N–H and O–H groups in total. The zero-order chi connectivity index (χ0) is 7.68. The average Bonchev–Trinajstić information content (AvgIpc) is 2.04. The van der Waals surface area contributed by atoms with Gasteiger partial charge in [0.1, 0.15) is 18.2 Å². The number of halogens is 1. The van der Waals surface area contributed by atoms with Crippen LogP contribution in [0.1, 0.15) is 5.56 Å². The van der Waals surface area contributed by atoms with Gasteiger partial charge in [-0.3, -0.25) is 0 Å². The van der Waals surface area contributed by atoms with Gasteiger partial charge in [0.05, 0.1) is 0 Å². The second kappa shape index (κ2) is 2.38. The van der Waals surface area contributed by atoms with Gasteiger partial charge in [-0.15, -0.1) is 0 Å². The largest absolute Gasteiger partial charge is 0.486 e. The van der Waals surface area contributed by atoms with Crippen LogP contribution in [0.4, 0.5) is 4.39 Å². The molecule has 11 heavy (non-hydrogen) atoms. The third kappa shape index (κ3) is 1.11.